The van der Waals surface area contributed by atoms with Gasteiger partial charge in [0.25, 0.3) is 0 Å². The fourth-order valence-electron chi connectivity index (χ4n) is 2.93. The number of likely N-dealkylation sites (N-methyl/N-ethyl adjacent to an activating group) is 1. The Morgan fingerprint density at radius 3 is 2.83 bits per heavy atom. The van der Waals surface area contributed by atoms with Gasteiger partial charge in [0.15, 0.2) is 0 Å². The normalized spacial score (nSPS) is 17.0. The molecule has 1 aliphatic rings. The molecule has 128 valence electrons. The number of hydrogen-bond acceptors (Lipinski definition) is 4. The molecular formula is C18H28N2O3. The van der Waals surface area contributed by atoms with Crippen molar-refractivity contribution < 1.29 is 14.6 Å². The lowest BCUT2D eigenvalue weighted by atomic mass is 10.1. The van der Waals surface area contributed by atoms with Crippen LogP contribution in [0.25, 0.3) is 0 Å². The van der Waals surface area contributed by atoms with Gasteiger partial charge in [-0.1, -0.05) is 12.1 Å². The summed E-state index contributed by atoms with van der Waals surface area (Å²) in [5.41, 5.74) is 1.75. The summed E-state index contributed by atoms with van der Waals surface area (Å²) in [7, 11) is 0. The SMILES string of the molecule is CCN(CCNC1CCc2c(O)cccc21)C(=O)OC(C)(C)C. The standard InChI is InChI=1S/C18H28N2O3/c1-5-20(17(22)23-18(2,3)4)12-11-19-15-10-9-14-13(15)7-6-8-16(14)21/h6-8,15,19,21H,5,9-12H2,1-4H3. The van der Waals surface area contributed by atoms with Crippen molar-refractivity contribution in [2.75, 3.05) is 19.6 Å². The summed E-state index contributed by atoms with van der Waals surface area (Å²) in [6.45, 7) is 9.51. The molecule has 2 rings (SSSR count). The van der Waals surface area contributed by atoms with Crippen LogP contribution in [0.2, 0.25) is 0 Å². The lowest BCUT2D eigenvalue weighted by Crippen LogP contribution is -2.40. The number of hydrogen-bond donors (Lipinski definition) is 2. The fourth-order valence-corrected chi connectivity index (χ4v) is 2.93. The molecule has 0 aliphatic heterocycles. The van der Waals surface area contributed by atoms with E-state index < -0.39 is 5.60 Å². The molecule has 0 fully saturated rings. The predicted molar refractivity (Wildman–Crippen MR) is 90.7 cm³/mol. The van der Waals surface area contributed by atoms with Gasteiger partial charge in [0, 0.05) is 25.7 Å². The third-order valence-electron chi connectivity index (χ3n) is 4.05. The molecule has 1 aromatic carbocycles. The number of nitrogens with zero attached hydrogens (tertiary/aromatic N) is 1. The highest BCUT2D eigenvalue weighted by atomic mass is 16.6. The zero-order chi connectivity index (χ0) is 17.0. The first-order valence-corrected chi connectivity index (χ1v) is 8.34. The largest absolute Gasteiger partial charge is 0.508 e. The van der Waals surface area contributed by atoms with E-state index in [1.807, 2.05) is 33.8 Å². The summed E-state index contributed by atoms with van der Waals surface area (Å²) in [4.78, 5) is 13.8. The van der Waals surface area contributed by atoms with Crippen molar-refractivity contribution in [2.24, 2.45) is 0 Å². The lowest BCUT2D eigenvalue weighted by Gasteiger charge is -2.27. The number of aromatic hydroxyl groups is 1. The van der Waals surface area contributed by atoms with Crippen LogP contribution >= 0.6 is 0 Å². The molecule has 0 radical (unpaired) electrons. The smallest absolute Gasteiger partial charge is 0.410 e. The third-order valence-corrected chi connectivity index (χ3v) is 4.05. The third kappa shape index (κ3) is 4.61. The molecular weight excluding hydrogens is 292 g/mol. The van der Waals surface area contributed by atoms with Crippen molar-refractivity contribution in [3.63, 3.8) is 0 Å². The van der Waals surface area contributed by atoms with Gasteiger partial charge in [-0.3, -0.25) is 0 Å². The van der Waals surface area contributed by atoms with Crippen molar-refractivity contribution in [1.29, 1.82) is 0 Å². The van der Waals surface area contributed by atoms with Crippen molar-refractivity contribution >= 4 is 6.09 Å². The quantitative estimate of drug-likeness (QED) is 0.874. The van der Waals surface area contributed by atoms with Crippen LogP contribution in [0.3, 0.4) is 0 Å². The number of nitrogens with one attached hydrogen (secondary N) is 1. The van der Waals surface area contributed by atoms with E-state index in [0.717, 1.165) is 18.4 Å². The van der Waals surface area contributed by atoms with E-state index >= 15 is 0 Å². The number of fused-ring (bicyclic) bond motifs is 1. The van der Waals surface area contributed by atoms with Crippen LogP contribution in [0, 0.1) is 0 Å². The fraction of sp³-hybridized carbons (Fsp3) is 0.611. The number of carbonyl (C=O) groups excluding carboxylic acids is 1. The van der Waals surface area contributed by atoms with E-state index in [1.165, 1.54) is 5.56 Å². The second-order valence-corrected chi connectivity index (χ2v) is 6.95. The number of ether oxygens (including phenoxy) is 1. The van der Waals surface area contributed by atoms with E-state index in [1.54, 1.807) is 11.0 Å². The minimum atomic E-state index is -0.472. The maximum Gasteiger partial charge on any atom is 0.410 e. The van der Waals surface area contributed by atoms with Crippen LogP contribution in [0.5, 0.6) is 5.75 Å². The summed E-state index contributed by atoms with van der Waals surface area (Å²) in [5.74, 6) is 0.385. The Morgan fingerprint density at radius 1 is 1.43 bits per heavy atom. The summed E-state index contributed by atoms with van der Waals surface area (Å²) < 4.78 is 5.41. The van der Waals surface area contributed by atoms with Crippen LogP contribution in [-0.4, -0.2) is 41.3 Å². The van der Waals surface area contributed by atoms with Gasteiger partial charge in [-0.15, -0.1) is 0 Å². The van der Waals surface area contributed by atoms with Crippen molar-refractivity contribution in [3.05, 3.63) is 29.3 Å². The first kappa shape index (κ1) is 17.6. The minimum absolute atomic E-state index is 0.245. The minimum Gasteiger partial charge on any atom is -0.508 e. The van der Waals surface area contributed by atoms with Gasteiger partial charge in [0.2, 0.25) is 0 Å². The molecule has 1 unspecified atom stereocenters. The van der Waals surface area contributed by atoms with Crippen LogP contribution in [0.4, 0.5) is 4.79 Å². The number of carbonyl (C=O) groups is 1. The number of benzene rings is 1. The topological polar surface area (TPSA) is 61.8 Å². The van der Waals surface area contributed by atoms with E-state index in [2.05, 4.69) is 11.4 Å². The van der Waals surface area contributed by atoms with Gasteiger partial charge in [0.05, 0.1) is 0 Å². The first-order valence-electron chi connectivity index (χ1n) is 8.34. The average Bonchev–Trinajstić information content (AvgIpc) is 2.86. The van der Waals surface area contributed by atoms with Gasteiger partial charge in [-0.05, 0) is 57.7 Å². The number of amides is 1. The zero-order valence-corrected chi connectivity index (χ0v) is 14.6. The maximum absolute atomic E-state index is 12.1. The summed E-state index contributed by atoms with van der Waals surface area (Å²) in [5, 5.41) is 13.4. The zero-order valence-electron chi connectivity index (χ0n) is 14.6. The molecule has 1 aromatic rings. The van der Waals surface area contributed by atoms with Crippen LogP contribution in [0.1, 0.15) is 51.3 Å². The van der Waals surface area contributed by atoms with Crippen molar-refractivity contribution in [1.82, 2.24) is 10.2 Å². The molecule has 0 aromatic heterocycles. The summed E-state index contributed by atoms with van der Waals surface area (Å²) in [6.07, 6.45) is 1.60. The molecule has 0 spiro atoms. The van der Waals surface area contributed by atoms with Gasteiger partial charge in [-0.2, -0.15) is 0 Å². The molecule has 0 heterocycles. The van der Waals surface area contributed by atoms with Gasteiger partial charge < -0.3 is 20.1 Å². The van der Waals surface area contributed by atoms with Crippen LogP contribution < -0.4 is 5.32 Å². The lowest BCUT2D eigenvalue weighted by molar-refractivity contribution is 0.0261. The van der Waals surface area contributed by atoms with Crippen molar-refractivity contribution in [3.8, 4) is 5.75 Å². The Balaban J connectivity index is 1.86. The highest BCUT2D eigenvalue weighted by Gasteiger charge is 2.25. The molecule has 23 heavy (non-hydrogen) atoms. The Morgan fingerprint density at radius 2 is 2.17 bits per heavy atom. The number of phenols is 1. The maximum atomic E-state index is 12.1. The van der Waals surface area contributed by atoms with E-state index in [9.17, 15) is 9.90 Å². The Hall–Kier alpha value is -1.75. The van der Waals surface area contributed by atoms with Gasteiger partial charge in [-0.25, -0.2) is 4.79 Å². The highest BCUT2D eigenvalue weighted by molar-refractivity contribution is 5.68. The van der Waals surface area contributed by atoms with Crippen molar-refractivity contribution in [2.45, 2.75) is 52.2 Å². The summed E-state index contributed by atoms with van der Waals surface area (Å²) in [6, 6.07) is 5.93. The molecule has 1 amide bonds. The molecule has 0 saturated carbocycles. The second kappa shape index (κ2) is 7.21. The van der Waals surface area contributed by atoms with Gasteiger partial charge in [0.1, 0.15) is 11.4 Å². The predicted octanol–water partition coefficient (Wildman–Crippen LogP) is 3.23. The molecule has 0 saturated heterocycles. The number of rotatable bonds is 5. The second-order valence-electron chi connectivity index (χ2n) is 6.95. The highest BCUT2D eigenvalue weighted by Crippen LogP contribution is 2.36. The van der Waals surface area contributed by atoms with Crippen LogP contribution in [-0.2, 0) is 11.2 Å². The Bertz CT molecular complexity index is 552. The Labute approximate surface area is 138 Å². The van der Waals surface area contributed by atoms with E-state index in [-0.39, 0.29) is 12.1 Å². The van der Waals surface area contributed by atoms with Crippen LogP contribution in [0.15, 0.2) is 18.2 Å². The molecule has 0 bridgehead atoms. The monoisotopic (exact) mass is 320 g/mol. The first-order chi connectivity index (χ1) is 10.8. The molecule has 5 heteroatoms. The summed E-state index contributed by atoms with van der Waals surface area (Å²) >= 11 is 0. The molecule has 5 nitrogen and oxygen atoms in total. The molecule has 2 N–H and O–H groups in total. The van der Waals surface area contributed by atoms with E-state index in [4.69, 9.17) is 4.74 Å². The van der Waals surface area contributed by atoms with E-state index in [0.29, 0.717) is 25.4 Å². The molecule has 1 atom stereocenters. The number of phenolic OH excluding ortho intramolecular Hbond substituents is 1. The Kier molecular flexibility index (Phi) is 5.52. The molecule has 1 aliphatic carbocycles. The van der Waals surface area contributed by atoms with Gasteiger partial charge >= 0.3 is 6.09 Å². The average molecular weight is 320 g/mol.